The minimum Gasteiger partial charge on any atom is -0.333 e. The van der Waals surface area contributed by atoms with Crippen molar-refractivity contribution in [3.05, 3.63) is 34.9 Å². The van der Waals surface area contributed by atoms with Crippen molar-refractivity contribution < 1.29 is 4.79 Å². The fourth-order valence-corrected chi connectivity index (χ4v) is 3.34. The zero-order valence-corrected chi connectivity index (χ0v) is 13.3. The summed E-state index contributed by atoms with van der Waals surface area (Å²) in [5, 5.41) is 4.09. The van der Waals surface area contributed by atoms with Crippen LogP contribution in [0.1, 0.15) is 44.2 Å². The number of piperidine rings is 1. The van der Waals surface area contributed by atoms with E-state index in [0.717, 1.165) is 43.8 Å². The van der Waals surface area contributed by atoms with Crippen LogP contribution in [0.15, 0.2) is 24.3 Å². The maximum absolute atomic E-state index is 12.9. The van der Waals surface area contributed by atoms with Gasteiger partial charge in [-0.15, -0.1) is 0 Å². The number of halogens is 1. The lowest BCUT2D eigenvalue weighted by Gasteiger charge is -2.34. The van der Waals surface area contributed by atoms with Crippen molar-refractivity contribution in [2.24, 2.45) is 5.92 Å². The summed E-state index contributed by atoms with van der Waals surface area (Å²) in [7, 11) is 0. The molecule has 1 aromatic carbocycles. The van der Waals surface area contributed by atoms with Gasteiger partial charge in [-0.05, 0) is 56.8 Å². The van der Waals surface area contributed by atoms with Gasteiger partial charge in [0, 0.05) is 17.6 Å². The molecule has 1 aliphatic carbocycles. The second kappa shape index (κ2) is 6.37. The fraction of sp³-hybridized carbons (Fsp3) is 0.588. The Morgan fingerprint density at radius 1 is 1.29 bits per heavy atom. The second-order valence-corrected chi connectivity index (χ2v) is 6.68. The third kappa shape index (κ3) is 3.41. The highest BCUT2D eigenvalue weighted by Gasteiger charge is 2.39. The van der Waals surface area contributed by atoms with E-state index in [4.69, 9.17) is 11.6 Å². The summed E-state index contributed by atoms with van der Waals surface area (Å²) in [6.07, 6.45) is 4.40. The summed E-state index contributed by atoms with van der Waals surface area (Å²) in [6.45, 7) is 4.01. The van der Waals surface area contributed by atoms with Gasteiger partial charge in [-0.3, -0.25) is 4.79 Å². The van der Waals surface area contributed by atoms with E-state index in [9.17, 15) is 4.79 Å². The number of carbonyl (C=O) groups is 1. The van der Waals surface area contributed by atoms with E-state index in [1.165, 1.54) is 5.56 Å². The van der Waals surface area contributed by atoms with Crippen LogP contribution in [0.4, 0.5) is 0 Å². The monoisotopic (exact) mass is 306 g/mol. The lowest BCUT2D eigenvalue weighted by atomic mass is 9.96. The average molecular weight is 307 g/mol. The number of hydrogen-bond acceptors (Lipinski definition) is 2. The molecule has 1 aromatic rings. The van der Waals surface area contributed by atoms with Crippen molar-refractivity contribution in [1.82, 2.24) is 10.2 Å². The van der Waals surface area contributed by atoms with Crippen LogP contribution in [-0.2, 0) is 4.79 Å². The number of carbonyl (C=O) groups excluding carboxylic acids is 1. The molecule has 2 aliphatic rings. The van der Waals surface area contributed by atoms with E-state index in [0.29, 0.717) is 11.9 Å². The Morgan fingerprint density at radius 2 is 2.00 bits per heavy atom. The molecule has 0 bridgehead atoms. The number of benzene rings is 1. The van der Waals surface area contributed by atoms with Gasteiger partial charge >= 0.3 is 0 Å². The van der Waals surface area contributed by atoms with Crippen molar-refractivity contribution >= 4 is 17.5 Å². The maximum atomic E-state index is 12.9. The SMILES string of the molecule is CC(c1ccc(Cl)cc1)N(C(=O)C1CCCNC1)C1CC1. The Labute approximate surface area is 131 Å². The van der Waals surface area contributed by atoms with Gasteiger partial charge in [-0.2, -0.15) is 0 Å². The summed E-state index contributed by atoms with van der Waals surface area (Å²) >= 11 is 5.97. The first-order chi connectivity index (χ1) is 10.2. The van der Waals surface area contributed by atoms with Crippen molar-refractivity contribution in [3.63, 3.8) is 0 Å². The first-order valence-electron chi connectivity index (χ1n) is 7.95. The van der Waals surface area contributed by atoms with E-state index in [1.807, 2.05) is 24.3 Å². The molecule has 1 heterocycles. The molecule has 1 amide bonds. The molecule has 1 N–H and O–H groups in total. The predicted octanol–water partition coefficient (Wildman–Crippen LogP) is 3.39. The molecule has 4 heteroatoms. The summed E-state index contributed by atoms with van der Waals surface area (Å²) in [6, 6.07) is 8.45. The standard InChI is InChI=1S/C17H23ClN2O/c1-12(13-4-6-15(18)7-5-13)20(16-8-9-16)17(21)14-3-2-10-19-11-14/h4-7,12,14,16,19H,2-3,8-11H2,1H3. The summed E-state index contributed by atoms with van der Waals surface area (Å²) < 4.78 is 0. The lowest BCUT2D eigenvalue weighted by molar-refractivity contribution is -0.139. The van der Waals surface area contributed by atoms with Gasteiger partial charge < -0.3 is 10.2 Å². The molecule has 3 nitrogen and oxygen atoms in total. The quantitative estimate of drug-likeness (QED) is 0.925. The molecule has 2 atom stereocenters. The molecule has 0 spiro atoms. The molecule has 1 saturated heterocycles. The molecule has 114 valence electrons. The molecule has 3 rings (SSSR count). The van der Waals surface area contributed by atoms with Gasteiger partial charge in [-0.25, -0.2) is 0 Å². The zero-order chi connectivity index (χ0) is 14.8. The minimum atomic E-state index is 0.129. The fourth-order valence-electron chi connectivity index (χ4n) is 3.22. The third-order valence-electron chi connectivity index (χ3n) is 4.61. The third-order valence-corrected chi connectivity index (χ3v) is 4.86. The van der Waals surface area contributed by atoms with Gasteiger partial charge in [0.05, 0.1) is 12.0 Å². The van der Waals surface area contributed by atoms with Crippen LogP contribution in [0.25, 0.3) is 0 Å². The number of nitrogens with zero attached hydrogens (tertiary/aromatic N) is 1. The Morgan fingerprint density at radius 3 is 2.57 bits per heavy atom. The number of rotatable bonds is 4. The van der Waals surface area contributed by atoms with Gasteiger partial charge in [0.25, 0.3) is 0 Å². The highest BCUT2D eigenvalue weighted by Crippen LogP contribution is 2.36. The Kier molecular flexibility index (Phi) is 4.51. The summed E-state index contributed by atoms with van der Waals surface area (Å²) in [5.74, 6) is 0.473. The smallest absolute Gasteiger partial charge is 0.227 e. The van der Waals surface area contributed by atoms with Gasteiger partial charge in [0.1, 0.15) is 0 Å². The lowest BCUT2D eigenvalue weighted by Crippen LogP contribution is -2.45. The first kappa shape index (κ1) is 14.9. The summed E-state index contributed by atoms with van der Waals surface area (Å²) in [5.41, 5.74) is 1.17. The molecule has 21 heavy (non-hydrogen) atoms. The number of amides is 1. The molecule has 0 radical (unpaired) electrons. The van der Waals surface area contributed by atoms with Gasteiger partial charge in [0.2, 0.25) is 5.91 Å². The molecule has 0 aromatic heterocycles. The van der Waals surface area contributed by atoms with E-state index in [2.05, 4.69) is 17.1 Å². The van der Waals surface area contributed by atoms with Crippen LogP contribution < -0.4 is 5.32 Å². The van der Waals surface area contributed by atoms with Crippen LogP contribution in [0.2, 0.25) is 5.02 Å². The van der Waals surface area contributed by atoms with Crippen molar-refractivity contribution in [1.29, 1.82) is 0 Å². The molecule has 1 aliphatic heterocycles. The highest BCUT2D eigenvalue weighted by atomic mass is 35.5. The first-order valence-corrected chi connectivity index (χ1v) is 8.33. The van der Waals surface area contributed by atoms with E-state index >= 15 is 0 Å². The largest absolute Gasteiger partial charge is 0.333 e. The molecule has 2 fully saturated rings. The van der Waals surface area contributed by atoms with Crippen molar-refractivity contribution in [2.75, 3.05) is 13.1 Å². The summed E-state index contributed by atoms with van der Waals surface area (Å²) in [4.78, 5) is 15.0. The molecule has 1 saturated carbocycles. The van der Waals surface area contributed by atoms with E-state index < -0.39 is 0 Å². The topological polar surface area (TPSA) is 32.3 Å². The van der Waals surface area contributed by atoms with Crippen LogP contribution in [0.5, 0.6) is 0 Å². The predicted molar refractivity (Wildman–Crippen MR) is 85.3 cm³/mol. The number of hydrogen-bond donors (Lipinski definition) is 1. The Bertz CT molecular complexity index is 492. The van der Waals surface area contributed by atoms with Crippen LogP contribution in [0, 0.1) is 5.92 Å². The molecular weight excluding hydrogens is 284 g/mol. The van der Waals surface area contributed by atoms with Gasteiger partial charge in [0.15, 0.2) is 0 Å². The van der Waals surface area contributed by atoms with Crippen molar-refractivity contribution in [2.45, 2.75) is 44.7 Å². The van der Waals surface area contributed by atoms with E-state index in [1.54, 1.807) is 0 Å². The van der Waals surface area contributed by atoms with Crippen molar-refractivity contribution in [3.8, 4) is 0 Å². The second-order valence-electron chi connectivity index (χ2n) is 6.25. The number of nitrogens with one attached hydrogen (secondary N) is 1. The average Bonchev–Trinajstić information content (AvgIpc) is 3.33. The minimum absolute atomic E-state index is 0.129. The zero-order valence-electron chi connectivity index (χ0n) is 12.5. The highest BCUT2D eigenvalue weighted by molar-refractivity contribution is 6.30. The Hall–Kier alpha value is -1.06. The molecule has 2 unspecified atom stereocenters. The normalized spacial score (nSPS) is 23.6. The van der Waals surface area contributed by atoms with Crippen LogP contribution in [-0.4, -0.2) is 29.9 Å². The Balaban J connectivity index is 1.77. The van der Waals surface area contributed by atoms with Crippen LogP contribution >= 0.6 is 11.6 Å². The van der Waals surface area contributed by atoms with Gasteiger partial charge in [-0.1, -0.05) is 23.7 Å². The van der Waals surface area contributed by atoms with Crippen LogP contribution in [0.3, 0.4) is 0 Å². The molecular formula is C17H23ClN2O. The van der Waals surface area contributed by atoms with E-state index in [-0.39, 0.29) is 12.0 Å². The maximum Gasteiger partial charge on any atom is 0.227 e.